The molecule has 1 N–H and O–H groups in total. The molecule has 152 valence electrons. The van der Waals surface area contributed by atoms with Crippen LogP contribution in [0.5, 0.6) is 0 Å². The molecule has 9 heteroatoms. The maximum absolute atomic E-state index is 12.5. The van der Waals surface area contributed by atoms with Gasteiger partial charge in [0.25, 0.3) is 5.69 Å². The van der Waals surface area contributed by atoms with Crippen LogP contribution in [0.3, 0.4) is 0 Å². The van der Waals surface area contributed by atoms with Gasteiger partial charge in [0.2, 0.25) is 5.91 Å². The van der Waals surface area contributed by atoms with Crippen molar-refractivity contribution >= 4 is 40.8 Å². The van der Waals surface area contributed by atoms with Gasteiger partial charge in [0.05, 0.1) is 16.4 Å². The number of thioether (sulfide) groups is 2. The lowest BCUT2D eigenvalue weighted by Gasteiger charge is -2.29. The van der Waals surface area contributed by atoms with Crippen LogP contribution in [0, 0.1) is 23.0 Å². The number of anilines is 1. The second kappa shape index (κ2) is 8.31. The van der Waals surface area contributed by atoms with E-state index in [-0.39, 0.29) is 17.3 Å². The summed E-state index contributed by atoms with van der Waals surface area (Å²) in [5.41, 5.74) is 2.42. The van der Waals surface area contributed by atoms with Crippen molar-refractivity contribution < 1.29 is 9.72 Å². The molecule has 0 saturated heterocycles. The fourth-order valence-corrected chi connectivity index (χ4v) is 6.56. The van der Waals surface area contributed by atoms with Crippen LogP contribution in [0.25, 0.3) is 0 Å². The molecular weight excluding hydrogens is 408 g/mol. The first-order valence-electron chi connectivity index (χ1n) is 9.61. The summed E-state index contributed by atoms with van der Waals surface area (Å²) in [6.45, 7) is 4.12. The Kier molecular flexibility index (Phi) is 5.78. The number of nitrogens with one attached hydrogen (secondary N) is 1. The van der Waals surface area contributed by atoms with Gasteiger partial charge in [-0.3, -0.25) is 14.9 Å². The van der Waals surface area contributed by atoms with Gasteiger partial charge in [0.1, 0.15) is 16.4 Å². The Bertz CT molecular complexity index is 969. The minimum atomic E-state index is -0.465. The number of benzene rings is 1. The van der Waals surface area contributed by atoms with E-state index in [1.807, 2.05) is 18.7 Å². The molecule has 1 aliphatic carbocycles. The summed E-state index contributed by atoms with van der Waals surface area (Å²) in [6.07, 6.45) is 5.14. The van der Waals surface area contributed by atoms with Crippen molar-refractivity contribution in [3.8, 4) is 0 Å². The lowest BCUT2D eigenvalue weighted by atomic mass is 9.80. The van der Waals surface area contributed by atoms with Gasteiger partial charge in [-0.2, -0.15) is 0 Å². The zero-order valence-corrected chi connectivity index (χ0v) is 17.9. The molecule has 1 aromatic carbocycles. The topological polar surface area (TPSA) is 98.0 Å². The molecule has 2 heterocycles. The van der Waals surface area contributed by atoms with Gasteiger partial charge in [0, 0.05) is 28.9 Å². The van der Waals surface area contributed by atoms with Crippen LogP contribution in [0.2, 0.25) is 0 Å². The molecule has 3 atom stereocenters. The van der Waals surface area contributed by atoms with E-state index in [9.17, 15) is 14.9 Å². The van der Waals surface area contributed by atoms with Crippen molar-refractivity contribution in [3.05, 3.63) is 45.8 Å². The second-order valence-electron chi connectivity index (χ2n) is 7.67. The van der Waals surface area contributed by atoms with Gasteiger partial charge in [-0.25, -0.2) is 9.97 Å². The molecular formula is C20H22N4O3S2. The number of non-ortho nitro benzene ring substituents is 1. The Morgan fingerprint density at radius 1 is 1.38 bits per heavy atom. The molecule has 0 spiro atoms. The van der Waals surface area contributed by atoms with E-state index in [4.69, 9.17) is 0 Å². The fraction of sp³-hybridized carbons (Fsp3) is 0.450. The lowest BCUT2D eigenvalue weighted by Crippen LogP contribution is -2.21. The van der Waals surface area contributed by atoms with Crippen LogP contribution in [-0.2, 0) is 4.79 Å². The molecule has 4 rings (SSSR count). The summed E-state index contributed by atoms with van der Waals surface area (Å²) in [5, 5.41) is 16.3. The Hall–Kier alpha value is -2.13. The standard InChI is InChI=1S/C20H22N4O3S2/c1-11-3-6-14-16(7-11)29-20-18(14)19(21-10-22-20)28-9-17(25)23-15-8-13(24(26)27)5-4-12(15)2/h4-5,8,10-11,14,16H,3,6-7,9H2,1-2H3,(H,23,25). The molecule has 0 radical (unpaired) electrons. The minimum Gasteiger partial charge on any atom is -0.325 e. The second-order valence-corrected chi connectivity index (χ2v) is 9.86. The van der Waals surface area contributed by atoms with Crippen LogP contribution in [0.1, 0.15) is 43.2 Å². The number of nitro benzene ring substituents is 1. The van der Waals surface area contributed by atoms with Crippen molar-refractivity contribution in [1.29, 1.82) is 0 Å². The average molecular weight is 431 g/mol. The van der Waals surface area contributed by atoms with Crippen LogP contribution < -0.4 is 5.32 Å². The van der Waals surface area contributed by atoms with Crippen molar-refractivity contribution in [1.82, 2.24) is 9.97 Å². The number of nitrogens with zero attached hydrogens (tertiary/aromatic N) is 3. The molecule has 0 bridgehead atoms. The van der Waals surface area contributed by atoms with E-state index in [0.717, 1.165) is 28.0 Å². The predicted molar refractivity (Wildman–Crippen MR) is 115 cm³/mol. The number of hydrogen-bond acceptors (Lipinski definition) is 7. The summed E-state index contributed by atoms with van der Waals surface area (Å²) in [6, 6.07) is 4.47. The van der Waals surface area contributed by atoms with Crippen LogP contribution >= 0.6 is 23.5 Å². The quantitative estimate of drug-likeness (QED) is 0.315. The van der Waals surface area contributed by atoms with E-state index >= 15 is 0 Å². The Morgan fingerprint density at radius 3 is 3.00 bits per heavy atom. The number of carbonyl (C=O) groups excluding carboxylic acids is 1. The molecule has 7 nitrogen and oxygen atoms in total. The molecule has 2 aromatic rings. The highest BCUT2D eigenvalue weighted by molar-refractivity contribution is 8.01. The van der Waals surface area contributed by atoms with Crippen molar-refractivity contribution in [2.24, 2.45) is 5.92 Å². The molecule has 29 heavy (non-hydrogen) atoms. The van der Waals surface area contributed by atoms with Gasteiger partial charge in [0.15, 0.2) is 0 Å². The smallest absolute Gasteiger partial charge is 0.271 e. The zero-order chi connectivity index (χ0) is 20.5. The van der Waals surface area contributed by atoms with Gasteiger partial charge in [-0.05, 0) is 31.2 Å². The maximum atomic E-state index is 12.5. The lowest BCUT2D eigenvalue weighted by molar-refractivity contribution is -0.384. The third-order valence-electron chi connectivity index (χ3n) is 5.54. The normalized spacial score (nSPS) is 22.6. The SMILES string of the molecule is Cc1ccc([N+](=O)[O-])cc1NC(=O)CSc1ncnc2c1C1CCC(C)CC1S2. The molecule has 2 aliphatic rings. The van der Waals surface area contributed by atoms with E-state index in [0.29, 0.717) is 16.9 Å². The number of amides is 1. The summed E-state index contributed by atoms with van der Waals surface area (Å²) in [5.74, 6) is 1.21. The number of rotatable bonds is 5. The number of hydrogen-bond donors (Lipinski definition) is 1. The van der Waals surface area contributed by atoms with E-state index in [1.165, 1.54) is 42.3 Å². The summed E-state index contributed by atoms with van der Waals surface area (Å²) >= 11 is 3.27. The number of nitro groups is 1. The molecule has 1 aromatic heterocycles. The van der Waals surface area contributed by atoms with Crippen LogP contribution in [0.15, 0.2) is 34.6 Å². The van der Waals surface area contributed by atoms with Crippen LogP contribution in [0.4, 0.5) is 11.4 Å². The molecule has 1 fully saturated rings. The third kappa shape index (κ3) is 4.25. The van der Waals surface area contributed by atoms with Crippen LogP contribution in [-0.4, -0.2) is 31.8 Å². The Morgan fingerprint density at radius 2 is 2.21 bits per heavy atom. The monoisotopic (exact) mass is 430 g/mol. The first-order valence-corrected chi connectivity index (χ1v) is 11.5. The van der Waals surface area contributed by atoms with Gasteiger partial charge >= 0.3 is 0 Å². The average Bonchev–Trinajstić information content (AvgIpc) is 3.05. The summed E-state index contributed by atoms with van der Waals surface area (Å²) < 4.78 is 0. The highest BCUT2D eigenvalue weighted by atomic mass is 32.2. The Balaban J connectivity index is 1.45. The van der Waals surface area contributed by atoms with Crippen molar-refractivity contribution in [2.45, 2.75) is 54.3 Å². The van der Waals surface area contributed by atoms with Crippen molar-refractivity contribution in [2.75, 3.05) is 11.1 Å². The Labute approximate surface area is 177 Å². The van der Waals surface area contributed by atoms with Crippen molar-refractivity contribution in [3.63, 3.8) is 0 Å². The first kappa shape index (κ1) is 20.2. The molecule has 1 saturated carbocycles. The third-order valence-corrected chi connectivity index (χ3v) is 7.92. The van der Waals surface area contributed by atoms with E-state index < -0.39 is 4.92 Å². The van der Waals surface area contributed by atoms with Gasteiger partial charge < -0.3 is 5.32 Å². The predicted octanol–water partition coefficient (Wildman–Crippen LogP) is 4.80. The fourth-order valence-electron chi connectivity index (χ4n) is 4.00. The number of aromatic nitrogens is 2. The van der Waals surface area contributed by atoms with Gasteiger partial charge in [-0.1, -0.05) is 31.2 Å². The number of aryl methyl sites for hydroxylation is 1. The summed E-state index contributed by atoms with van der Waals surface area (Å²) in [4.78, 5) is 31.9. The molecule has 1 amide bonds. The minimum absolute atomic E-state index is 0.0400. The van der Waals surface area contributed by atoms with Gasteiger partial charge in [-0.15, -0.1) is 11.8 Å². The number of carbonyl (C=O) groups is 1. The first-order chi connectivity index (χ1) is 13.9. The maximum Gasteiger partial charge on any atom is 0.271 e. The molecule has 1 aliphatic heterocycles. The van der Waals surface area contributed by atoms with E-state index in [2.05, 4.69) is 22.2 Å². The zero-order valence-electron chi connectivity index (χ0n) is 16.3. The highest BCUT2D eigenvalue weighted by Gasteiger charge is 2.40. The largest absolute Gasteiger partial charge is 0.325 e. The van der Waals surface area contributed by atoms with E-state index in [1.54, 1.807) is 12.4 Å². The molecule has 3 unspecified atom stereocenters. The number of fused-ring (bicyclic) bond motifs is 3. The summed E-state index contributed by atoms with van der Waals surface area (Å²) in [7, 11) is 0. The highest BCUT2D eigenvalue weighted by Crippen LogP contribution is 2.54.